The van der Waals surface area contributed by atoms with Gasteiger partial charge in [0.2, 0.25) is 0 Å². The molecule has 0 aliphatic rings. The number of aliphatic hydroxyl groups excluding tert-OH is 1. The highest BCUT2D eigenvalue weighted by Crippen LogP contribution is 2.35. The van der Waals surface area contributed by atoms with Crippen molar-refractivity contribution >= 4 is 22.2 Å². The van der Waals surface area contributed by atoms with Gasteiger partial charge >= 0.3 is 0 Å². The van der Waals surface area contributed by atoms with E-state index in [1.165, 1.54) is 11.3 Å². The lowest BCUT2D eigenvalue weighted by atomic mass is 10.1. The van der Waals surface area contributed by atoms with E-state index in [0.717, 1.165) is 22.2 Å². The first-order valence-electron chi connectivity index (χ1n) is 7.02. The zero-order chi connectivity index (χ0) is 14.7. The number of thiazole rings is 1. The van der Waals surface area contributed by atoms with Crippen LogP contribution in [0.1, 0.15) is 42.8 Å². The second-order valence-electron chi connectivity index (χ2n) is 5.15. The second kappa shape index (κ2) is 6.37. The molecule has 0 aliphatic carbocycles. The summed E-state index contributed by atoms with van der Waals surface area (Å²) in [6.45, 7) is 9.39. The topological polar surface area (TPSA) is 36.4 Å². The number of benzene rings is 1. The minimum absolute atomic E-state index is 0.0660. The molecule has 0 aliphatic heterocycles. The van der Waals surface area contributed by atoms with Gasteiger partial charge in [-0.2, -0.15) is 0 Å². The smallest absolute Gasteiger partial charge is 0.190 e. The third-order valence-corrected chi connectivity index (χ3v) is 4.44. The zero-order valence-corrected chi connectivity index (χ0v) is 13.4. The lowest BCUT2D eigenvalue weighted by Crippen LogP contribution is -2.16. The number of anilines is 2. The van der Waals surface area contributed by atoms with Gasteiger partial charge in [-0.25, -0.2) is 4.98 Å². The van der Waals surface area contributed by atoms with E-state index < -0.39 is 0 Å². The van der Waals surface area contributed by atoms with Crippen LogP contribution in [0.15, 0.2) is 24.3 Å². The van der Waals surface area contributed by atoms with Crippen LogP contribution in [0.4, 0.5) is 10.8 Å². The molecular weight excluding hydrogens is 268 g/mol. The van der Waals surface area contributed by atoms with Crippen LogP contribution in [0.3, 0.4) is 0 Å². The van der Waals surface area contributed by atoms with Crippen molar-refractivity contribution in [3.05, 3.63) is 40.4 Å². The first-order chi connectivity index (χ1) is 9.58. The fourth-order valence-electron chi connectivity index (χ4n) is 2.31. The number of hydrogen-bond donors (Lipinski definition) is 1. The maximum absolute atomic E-state index is 9.51. The Labute approximate surface area is 124 Å². The van der Waals surface area contributed by atoms with E-state index in [1.54, 1.807) is 11.3 Å². The van der Waals surface area contributed by atoms with Crippen molar-refractivity contribution in [3.8, 4) is 0 Å². The third kappa shape index (κ3) is 2.86. The van der Waals surface area contributed by atoms with E-state index >= 15 is 0 Å². The van der Waals surface area contributed by atoms with Gasteiger partial charge in [0.15, 0.2) is 5.13 Å². The highest BCUT2D eigenvalue weighted by molar-refractivity contribution is 7.15. The average molecular weight is 290 g/mol. The molecule has 0 bridgehead atoms. The molecule has 4 heteroatoms. The molecule has 1 heterocycles. The molecule has 2 aromatic rings. The lowest BCUT2D eigenvalue weighted by Gasteiger charge is -2.22. The Morgan fingerprint density at radius 2 is 2.00 bits per heavy atom. The molecule has 1 N–H and O–H groups in total. The molecule has 0 saturated heterocycles. The van der Waals surface area contributed by atoms with Crippen molar-refractivity contribution in [2.75, 3.05) is 11.4 Å². The van der Waals surface area contributed by atoms with E-state index in [9.17, 15) is 5.11 Å². The summed E-state index contributed by atoms with van der Waals surface area (Å²) in [6, 6.07) is 8.33. The quantitative estimate of drug-likeness (QED) is 0.895. The van der Waals surface area contributed by atoms with Crippen LogP contribution in [-0.4, -0.2) is 16.6 Å². The number of nitrogens with zero attached hydrogens (tertiary/aromatic N) is 2. The molecule has 20 heavy (non-hydrogen) atoms. The molecule has 1 aromatic heterocycles. The fourth-order valence-corrected chi connectivity index (χ4v) is 3.46. The number of aromatic nitrogens is 1. The molecule has 0 fully saturated rings. The van der Waals surface area contributed by atoms with Crippen molar-refractivity contribution in [2.24, 2.45) is 0 Å². The summed E-state index contributed by atoms with van der Waals surface area (Å²) in [6.07, 6.45) is 0. The minimum Gasteiger partial charge on any atom is -0.391 e. The van der Waals surface area contributed by atoms with Crippen LogP contribution in [-0.2, 0) is 6.61 Å². The van der Waals surface area contributed by atoms with E-state index in [-0.39, 0.29) is 6.61 Å². The molecule has 0 radical (unpaired) electrons. The summed E-state index contributed by atoms with van der Waals surface area (Å²) in [4.78, 5) is 7.94. The molecule has 108 valence electrons. The summed E-state index contributed by atoms with van der Waals surface area (Å²) in [5.41, 5.74) is 3.43. The minimum atomic E-state index is 0.0660. The van der Waals surface area contributed by atoms with E-state index in [1.807, 2.05) is 6.07 Å². The van der Waals surface area contributed by atoms with Crippen molar-refractivity contribution in [3.63, 3.8) is 0 Å². The summed E-state index contributed by atoms with van der Waals surface area (Å²) in [5.74, 6) is 0.331. The van der Waals surface area contributed by atoms with Gasteiger partial charge in [0.05, 0.1) is 17.2 Å². The monoisotopic (exact) mass is 290 g/mol. The maximum atomic E-state index is 9.51. The van der Waals surface area contributed by atoms with E-state index in [4.69, 9.17) is 4.98 Å². The number of rotatable bonds is 5. The summed E-state index contributed by atoms with van der Waals surface area (Å²) >= 11 is 1.59. The largest absolute Gasteiger partial charge is 0.391 e. The van der Waals surface area contributed by atoms with Gasteiger partial charge in [-0.15, -0.1) is 0 Å². The zero-order valence-electron chi connectivity index (χ0n) is 12.6. The van der Waals surface area contributed by atoms with Gasteiger partial charge < -0.3 is 10.0 Å². The maximum Gasteiger partial charge on any atom is 0.190 e. The summed E-state index contributed by atoms with van der Waals surface area (Å²) < 4.78 is 0. The van der Waals surface area contributed by atoms with Gasteiger partial charge in [0.25, 0.3) is 0 Å². The van der Waals surface area contributed by atoms with Gasteiger partial charge in [-0.1, -0.05) is 43.4 Å². The number of aryl methyl sites for hydroxylation is 1. The lowest BCUT2D eigenvalue weighted by molar-refractivity contribution is 0.283. The highest BCUT2D eigenvalue weighted by atomic mass is 32.1. The second-order valence-corrected chi connectivity index (χ2v) is 6.21. The van der Waals surface area contributed by atoms with Crippen molar-refractivity contribution in [2.45, 2.75) is 40.2 Å². The van der Waals surface area contributed by atoms with E-state index in [0.29, 0.717) is 5.92 Å². The summed E-state index contributed by atoms with van der Waals surface area (Å²) in [5, 5.41) is 10.5. The summed E-state index contributed by atoms with van der Waals surface area (Å²) in [7, 11) is 0. The predicted octanol–water partition coefficient (Wildman–Crippen LogP) is 4.23. The molecule has 0 amide bonds. The van der Waals surface area contributed by atoms with Crippen molar-refractivity contribution in [1.82, 2.24) is 4.98 Å². The van der Waals surface area contributed by atoms with Gasteiger partial charge in [0.1, 0.15) is 0 Å². The Kier molecular flexibility index (Phi) is 4.78. The number of aliphatic hydroxyl groups is 1. The Bertz CT molecular complexity index is 578. The predicted molar refractivity (Wildman–Crippen MR) is 86.0 cm³/mol. The van der Waals surface area contributed by atoms with E-state index in [2.05, 4.69) is 50.8 Å². The van der Waals surface area contributed by atoms with Crippen LogP contribution in [0, 0.1) is 6.92 Å². The van der Waals surface area contributed by atoms with Crippen LogP contribution in [0.2, 0.25) is 0 Å². The highest BCUT2D eigenvalue weighted by Gasteiger charge is 2.18. The molecule has 0 unspecified atom stereocenters. The fraction of sp³-hybridized carbons (Fsp3) is 0.438. The SMILES string of the molecule is CCN(c1nc(C(C)C)c(CO)s1)c1ccccc1C. The molecule has 0 spiro atoms. The Morgan fingerprint density at radius 3 is 2.50 bits per heavy atom. The molecule has 3 nitrogen and oxygen atoms in total. The van der Waals surface area contributed by atoms with Gasteiger partial charge in [-0.05, 0) is 31.4 Å². The first-order valence-corrected chi connectivity index (χ1v) is 7.83. The van der Waals surface area contributed by atoms with Gasteiger partial charge in [0, 0.05) is 12.2 Å². The van der Waals surface area contributed by atoms with Crippen molar-refractivity contribution < 1.29 is 5.11 Å². The molecule has 2 rings (SSSR count). The van der Waals surface area contributed by atoms with Crippen LogP contribution >= 0.6 is 11.3 Å². The average Bonchev–Trinajstić information content (AvgIpc) is 2.86. The third-order valence-electron chi connectivity index (χ3n) is 3.36. The molecule has 0 saturated carbocycles. The molecule has 0 atom stereocenters. The Morgan fingerprint density at radius 1 is 1.30 bits per heavy atom. The standard InChI is InChI=1S/C16H22N2OS/c1-5-18(13-9-7-6-8-12(13)4)16-17-15(11(2)3)14(10-19)20-16/h6-9,11,19H,5,10H2,1-4H3. The van der Waals surface area contributed by atoms with Crippen LogP contribution in [0.25, 0.3) is 0 Å². The number of para-hydroxylation sites is 1. The van der Waals surface area contributed by atoms with Gasteiger partial charge in [-0.3, -0.25) is 0 Å². The first kappa shape index (κ1) is 15.0. The number of hydrogen-bond acceptors (Lipinski definition) is 4. The van der Waals surface area contributed by atoms with Crippen LogP contribution in [0.5, 0.6) is 0 Å². The molecular formula is C16H22N2OS. The van der Waals surface area contributed by atoms with Crippen molar-refractivity contribution in [1.29, 1.82) is 0 Å². The normalized spacial score (nSPS) is 11.1. The Hall–Kier alpha value is -1.39. The molecule has 1 aromatic carbocycles. The Balaban J connectivity index is 2.45. The van der Waals surface area contributed by atoms with Crippen LogP contribution < -0.4 is 4.90 Å².